The molecule has 3 aromatic carbocycles. The van der Waals surface area contributed by atoms with Crippen molar-refractivity contribution in [2.45, 2.75) is 80.1 Å². The molecule has 0 amide bonds. The van der Waals surface area contributed by atoms with Gasteiger partial charge in [0.25, 0.3) is 0 Å². The highest BCUT2D eigenvalue weighted by molar-refractivity contribution is 5.72. The van der Waals surface area contributed by atoms with Crippen LogP contribution >= 0.6 is 0 Å². The summed E-state index contributed by atoms with van der Waals surface area (Å²) in [6.45, 7) is 17.7. The number of aryl methyl sites for hydroxylation is 4. The number of benzene rings is 3. The van der Waals surface area contributed by atoms with Crippen LogP contribution in [0.15, 0.2) is 54.6 Å². The van der Waals surface area contributed by atoms with Gasteiger partial charge in [-0.15, -0.1) is 10.2 Å². The van der Waals surface area contributed by atoms with E-state index in [1.807, 2.05) is 0 Å². The first-order valence-corrected chi connectivity index (χ1v) is 12.8. The molecular formula is C32H39N3. The van der Waals surface area contributed by atoms with E-state index in [0.29, 0.717) is 0 Å². The summed E-state index contributed by atoms with van der Waals surface area (Å²) in [7, 11) is 0. The van der Waals surface area contributed by atoms with Gasteiger partial charge in [-0.05, 0) is 86.6 Å². The van der Waals surface area contributed by atoms with Crippen LogP contribution in [0.3, 0.4) is 0 Å². The molecule has 3 nitrogen and oxygen atoms in total. The predicted octanol–water partition coefficient (Wildman–Crippen LogP) is 8.61. The number of aromatic nitrogens is 3. The van der Waals surface area contributed by atoms with E-state index in [-0.39, 0.29) is 5.41 Å². The molecule has 0 saturated carbocycles. The quantitative estimate of drug-likeness (QED) is 0.273. The van der Waals surface area contributed by atoms with E-state index in [1.165, 1.54) is 51.8 Å². The number of rotatable bonds is 7. The second-order valence-electron chi connectivity index (χ2n) is 10.8. The van der Waals surface area contributed by atoms with Crippen LogP contribution in [0.2, 0.25) is 0 Å². The Morgan fingerprint density at radius 2 is 1.43 bits per heavy atom. The number of nitrogens with zero attached hydrogens (tertiary/aromatic N) is 3. The van der Waals surface area contributed by atoms with Gasteiger partial charge in [0.05, 0.1) is 5.69 Å². The zero-order valence-corrected chi connectivity index (χ0v) is 22.7. The zero-order chi connectivity index (χ0) is 25.3. The zero-order valence-electron chi connectivity index (χ0n) is 22.7. The molecule has 0 radical (unpaired) electrons. The Hall–Kier alpha value is -3.20. The Labute approximate surface area is 211 Å². The SMILES string of the molecule is CCCCC(C)(C)c1nnc(-c2cccc(-c3cc(C)c(C)c(C)c3)c2)n1-c1ccc(C)cc1C. The lowest BCUT2D eigenvalue weighted by Crippen LogP contribution is -2.23. The third-order valence-corrected chi connectivity index (χ3v) is 7.40. The Morgan fingerprint density at radius 3 is 2.09 bits per heavy atom. The van der Waals surface area contributed by atoms with Crippen molar-refractivity contribution in [3.8, 4) is 28.2 Å². The molecule has 35 heavy (non-hydrogen) atoms. The van der Waals surface area contributed by atoms with E-state index in [1.54, 1.807) is 0 Å². The van der Waals surface area contributed by atoms with Crippen LogP contribution in [0.5, 0.6) is 0 Å². The van der Waals surface area contributed by atoms with Crippen LogP contribution in [-0.2, 0) is 5.41 Å². The molecule has 0 aliphatic carbocycles. The minimum Gasteiger partial charge on any atom is -0.278 e. The highest BCUT2D eigenvalue weighted by Gasteiger charge is 2.30. The molecule has 0 spiro atoms. The maximum atomic E-state index is 4.81. The largest absolute Gasteiger partial charge is 0.278 e. The summed E-state index contributed by atoms with van der Waals surface area (Å²) in [6, 6.07) is 20.0. The third kappa shape index (κ3) is 4.96. The normalized spacial score (nSPS) is 11.8. The molecule has 0 saturated heterocycles. The predicted molar refractivity (Wildman–Crippen MR) is 148 cm³/mol. The van der Waals surface area contributed by atoms with Gasteiger partial charge in [0, 0.05) is 11.0 Å². The minimum atomic E-state index is -0.0820. The van der Waals surface area contributed by atoms with E-state index in [2.05, 4.69) is 115 Å². The maximum Gasteiger partial charge on any atom is 0.168 e. The van der Waals surface area contributed by atoms with Crippen LogP contribution in [0.25, 0.3) is 28.2 Å². The number of hydrogen-bond donors (Lipinski definition) is 0. The fourth-order valence-corrected chi connectivity index (χ4v) is 4.96. The van der Waals surface area contributed by atoms with E-state index in [4.69, 9.17) is 10.2 Å². The summed E-state index contributed by atoms with van der Waals surface area (Å²) < 4.78 is 2.30. The maximum absolute atomic E-state index is 4.81. The molecule has 0 aliphatic heterocycles. The van der Waals surface area contributed by atoms with E-state index >= 15 is 0 Å². The summed E-state index contributed by atoms with van der Waals surface area (Å²) in [4.78, 5) is 0. The minimum absolute atomic E-state index is 0.0820. The van der Waals surface area contributed by atoms with Crippen molar-refractivity contribution < 1.29 is 0 Å². The monoisotopic (exact) mass is 465 g/mol. The van der Waals surface area contributed by atoms with Crippen molar-refractivity contribution in [3.63, 3.8) is 0 Å². The van der Waals surface area contributed by atoms with Crippen LogP contribution in [0.4, 0.5) is 0 Å². The highest BCUT2D eigenvalue weighted by Crippen LogP contribution is 2.35. The van der Waals surface area contributed by atoms with Gasteiger partial charge in [0.15, 0.2) is 5.82 Å². The first-order valence-electron chi connectivity index (χ1n) is 12.8. The van der Waals surface area contributed by atoms with Crippen molar-refractivity contribution in [1.29, 1.82) is 0 Å². The number of unbranched alkanes of at least 4 members (excludes halogenated alkanes) is 1. The standard InChI is InChI=1S/C32H39N3/c1-9-10-16-32(7,8)31-34-33-30(35(31)29-15-14-21(2)17-24(29)5)27-13-11-12-26(20-27)28-18-22(3)25(6)23(4)19-28/h11-15,17-20H,9-10,16H2,1-8H3. The molecule has 0 N–H and O–H groups in total. The second kappa shape index (κ2) is 9.81. The van der Waals surface area contributed by atoms with Gasteiger partial charge in [-0.1, -0.05) is 81.6 Å². The van der Waals surface area contributed by atoms with Gasteiger partial charge in [-0.3, -0.25) is 4.57 Å². The fourth-order valence-electron chi connectivity index (χ4n) is 4.96. The molecule has 0 unspecified atom stereocenters. The third-order valence-electron chi connectivity index (χ3n) is 7.40. The van der Waals surface area contributed by atoms with Crippen LogP contribution < -0.4 is 0 Å². The smallest absolute Gasteiger partial charge is 0.168 e. The summed E-state index contributed by atoms with van der Waals surface area (Å²) in [5.74, 6) is 1.93. The van der Waals surface area contributed by atoms with Gasteiger partial charge in [-0.2, -0.15) is 0 Å². The lowest BCUT2D eigenvalue weighted by atomic mass is 9.86. The van der Waals surface area contributed by atoms with Crippen LogP contribution in [0, 0.1) is 34.6 Å². The van der Waals surface area contributed by atoms with Gasteiger partial charge in [-0.25, -0.2) is 0 Å². The molecule has 4 rings (SSSR count). The summed E-state index contributed by atoms with van der Waals surface area (Å²) in [5.41, 5.74) is 11.1. The average Bonchev–Trinajstić information content (AvgIpc) is 3.27. The first-order chi connectivity index (χ1) is 16.6. The summed E-state index contributed by atoms with van der Waals surface area (Å²) >= 11 is 0. The van der Waals surface area contributed by atoms with Crippen LogP contribution in [-0.4, -0.2) is 14.8 Å². The molecule has 0 atom stereocenters. The average molecular weight is 466 g/mol. The Bertz CT molecular complexity index is 1330. The molecule has 3 heteroatoms. The van der Waals surface area contributed by atoms with Crippen molar-refractivity contribution in [3.05, 3.63) is 88.2 Å². The lowest BCUT2D eigenvalue weighted by Gasteiger charge is -2.25. The summed E-state index contributed by atoms with van der Waals surface area (Å²) in [5, 5.41) is 9.61. The molecule has 1 aromatic heterocycles. The van der Waals surface area contributed by atoms with Gasteiger partial charge in [0.2, 0.25) is 0 Å². The molecule has 4 aromatic rings. The summed E-state index contributed by atoms with van der Waals surface area (Å²) in [6.07, 6.45) is 3.42. The van der Waals surface area contributed by atoms with Crippen molar-refractivity contribution in [2.24, 2.45) is 0 Å². The fraction of sp³-hybridized carbons (Fsp3) is 0.375. The lowest BCUT2D eigenvalue weighted by molar-refractivity contribution is 0.425. The molecule has 182 valence electrons. The second-order valence-corrected chi connectivity index (χ2v) is 10.8. The Balaban J connectivity index is 1.90. The Kier molecular flexibility index (Phi) is 6.98. The van der Waals surface area contributed by atoms with Gasteiger partial charge < -0.3 is 0 Å². The number of hydrogen-bond acceptors (Lipinski definition) is 2. The van der Waals surface area contributed by atoms with Crippen molar-refractivity contribution in [1.82, 2.24) is 14.8 Å². The van der Waals surface area contributed by atoms with Crippen molar-refractivity contribution >= 4 is 0 Å². The van der Waals surface area contributed by atoms with Crippen molar-refractivity contribution in [2.75, 3.05) is 0 Å². The van der Waals surface area contributed by atoms with Gasteiger partial charge >= 0.3 is 0 Å². The molecule has 1 heterocycles. The van der Waals surface area contributed by atoms with E-state index in [0.717, 1.165) is 29.3 Å². The van der Waals surface area contributed by atoms with Gasteiger partial charge in [0.1, 0.15) is 5.82 Å². The first kappa shape index (κ1) is 24.9. The topological polar surface area (TPSA) is 30.7 Å². The molecule has 0 aliphatic rings. The molecule has 0 bridgehead atoms. The molecular weight excluding hydrogens is 426 g/mol. The van der Waals surface area contributed by atoms with E-state index in [9.17, 15) is 0 Å². The Morgan fingerprint density at radius 1 is 0.743 bits per heavy atom. The van der Waals surface area contributed by atoms with Crippen LogP contribution in [0.1, 0.15) is 73.7 Å². The van der Waals surface area contributed by atoms with E-state index < -0.39 is 0 Å². The molecule has 0 fully saturated rings. The highest BCUT2D eigenvalue weighted by atomic mass is 15.3.